The van der Waals surface area contributed by atoms with Gasteiger partial charge in [-0.15, -0.1) is 0 Å². The number of hydrogen-bond acceptors (Lipinski definition) is 4. The maximum absolute atomic E-state index is 13.0. The second kappa shape index (κ2) is 7.37. The molecule has 0 aromatic heterocycles. The normalized spacial score (nSPS) is 11.8. The minimum absolute atomic E-state index is 0.00334. The molecule has 0 radical (unpaired) electrons. The Kier molecular flexibility index (Phi) is 5.61. The lowest BCUT2D eigenvalue weighted by atomic mass is 9.87. The lowest BCUT2D eigenvalue weighted by molar-refractivity contribution is 0.0698. The second-order valence-corrected chi connectivity index (χ2v) is 8.45. The molecular weight excluding hydrogens is 354 g/mol. The Bertz CT molecular complexity index is 914. The first-order valence-corrected chi connectivity index (χ1v) is 9.67. The van der Waals surface area contributed by atoms with Crippen molar-refractivity contribution in [3.8, 4) is 5.75 Å². The second-order valence-electron chi connectivity index (χ2n) is 6.80. The van der Waals surface area contributed by atoms with E-state index in [0.717, 1.165) is 5.56 Å². The molecule has 6 nitrogen and oxygen atoms in total. The predicted octanol–water partition coefficient (Wildman–Crippen LogP) is 3.88. The fourth-order valence-electron chi connectivity index (χ4n) is 2.42. The number of rotatable bonds is 6. The maximum atomic E-state index is 13.0. The molecule has 2 rings (SSSR count). The number of anilines is 1. The molecular formula is C19H23NO5S. The summed E-state index contributed by atoms with van der Waals surface area (Å²) >= 11 is 0. The molecule has 0 atom stereocenters. The molecule has 2 aromatic rings. The Morgan fingerprint density at radius 2 is 1.81 bits per heavy atom. The number of benzene rings is 2. The summed E-state index contributed by atoms with van der Waals surface area (Å²) in [5, 5.41) is 9.26. The summed E-state index contributed by atoms with van der Waals surface area (Å²) in [4.78, 5) is 11.3. The number of nitrogens with one attached hydrogen (secondary N) is 1. The highest BCUT2D eigenvalue weighted by molar-refractivity contribution is 7.92. The van der Waals surface area contributed by atoms with Gasteiger partial charge in [0.15, 0.2) is 0 Å². The molecule has 0 heterocycles. The lowest BCUT2D eigenvalue weighted by Gasteiger charge is -2.21. The summed E-state index contributed by atoms with van der Waals surface area (Å²) in [7, 11) is -4.04. The standard InChI is InChI=1S/C19H23NO5S/c1-5-25-16-11-10-13(19(2,3)4)12-17(16)26(23,24)20-15-9-7-6-8-14(15)18(21)22/h6-12,20H,5H2,1-4H3,(H,21,22). The molecule has 140 valence electrons. The third-order valence-corrected chi connectivity index (χ3v) is 5.19. The van der Waals surface area contributed by atoms with Crippen LogP contribution >= 0.6 is 0 Å². The molecule has 7 heteroatoms. The van der Waals surface area contributed by atoms with Gasteiger partial charge in [0.2, 0.25) is 0 Å². The first kappa shape index (κ1) is 19.8. The molecule has 0 saturated carbocycles. The van der Waals surface area contributed by atoms with Crippen molar-refractivity contribution in [2.45, 2.75) is 38.0 Å². The van der Waals surface area contributed by atoms with Crippen LogP contribution in [0.2, 0.25) is 0 Å². The highest BCUT2D eigenvalue weighted by Crippen LogP contribution is 2.32. The Morgan fingerprint density at radius 1 is 1.15 bits per heavy atom. The van der Waals surface area contributed by atoms with E-state index in [1.807, 2.05) is 26.8 Å². The summed E-state index contributed by atoms with van der Waals surface area (Å²) in [6.45, 7) is 8.01. The third-order valence-electron chi connectivity index (χ3n) is 3.80. The first-order valence-electron chi connectivity index (χ1n) is 8.18. The average molecular weight is 377 g/mol. The van der Waals surface area contributed by atoms with Crippen LogP contribution < -0.4 is 9.46 Å². The van der Waals surface area contributed by atoms with Crippen LogP contribution in [0.1, 0.15) is 43.6 Å². The van der Waals surface area contributed by atoms with Crippen LogP contribution in [0.25, 0.3) is 0 Å². The van der Waals surface area contributed by atoms with Crippen LogP contribution in [0.4, 0.5) is 5.69 Å². The van der Waals surface area contributed by atoms with Crippen molar-refractivity contribution in [1.29, 1.82) is 0 Å². The highest BCUT2D eigenvalue weighted by atomic mass is 32.2. The lowest BCUT2D eigenvalue weighted by Crippen LogP contribution is -2.18. The van der Waals surface area contributed by atoms with Crippen molar-refractivity contribution in [3.63, 3.8) is 0 Å². The summed E-state index contributed by atoms with van der Waals surface area (Å²) in [6, 6.07) is 10.9. The molecule has 0 fully saturated rings. The minimum Gasteiger partial charge on any atom is -0.492 e. The Balaban J connectivity index is 2.56. The van der Waals surface area contributed by atoms with Crippen LogP contribution in [0.15, 0.2) is 47.4 Å². The zero-order valence-electron chi connectivity index (χ0n) is 15.2. The molecule has 0 amide bonds. The van der Waals surface area contributed by atoms with Crippen LogP contribution in [-0.2, 0) is 15.4 Å². The fraction of sp³-hybridized carbons (Fsp3) is 0.316. The fourth-order valence-corrected chi connectivity index (χ4v) is 3.67. The van der Waals surface area contributed by atoms with Gasteiger partial charge in [0.1, 0.15) is 10.6 Å². The van der Waals surface area contributed by atoms with Gasteiger partial charge >= 0.3 is 5.97 Å². The van der Waals surface area contributed by atoms with E-state index >= 15 is 0 Å². The number of carbonyl (C=O) groups is 1. The van der Waals surface area contributed by atoms with Crippen molar-refractivity contribution in [3.05, 3.63) is 53.6 Å². The Hall–Kier alpha value is -2.54. The smallest absolute Gasteiger partial charge is 0.337 e. The molecule has 0 aliphatic rings. The van der Waals surface area contributed by atoms with E-state index in [1.165, 1.54) is 18.2 Å². The Morgan fingerprint density at radius 3 is 2.38 bits per heavy atom. The summed E-state index contributed by atoms with van der Waals surface area (Å²) in [6.07, 6.45) is 0. The van der Waals surface area contributed by atoms with Crippen molar-refractivity contribution in [2.75, 3.05) is 11.3 Å². The number of aromatic carboxylic acids is 1. The molecule has 0 spiro atoms. The van der Waals surface area contributed by atoms with E-state index in [-0.39, 0.29) is 27.3 Å². The van der Waals surface area contributed by atoms with Crippen molar-refractivity contribution in [1.82, 2.24) is 0 Å². The van der Waals surface area contributed by atoms with E-state index in [1.54, 1.807) is 25.1 Å². The van der Waals surface area contributed by atoms with Gasteiger partial charge in [0.25, 0.3) is 10.0 Å². The predicted molar refractivity (Wildman–Crippen MR) is 101 cm³/mol. The largest absolute Gasteiger partial charge is 0.492 e. The molecule has 2 N–H and O–H groups in total. The van der Waals surface area contributed by atoms with Crippen LogP contribution in [0.3, 0.4) is 0 Å². The number of sulfonamides is 1. The number of hydrogen-bond donors (Lipinski definition) is 2. The van der Waals surface area contributed by atoms with Gasteiger partial charge in [0.05, 0.1) is 17.9 Å². The van der Waals surface area contributed by atoms with Crippen LogP contribution in [0.5, 0.6) is 5.75 Å². The van der Waals surface area contributed by atoms with E-state index < -0.39 is 16.0 Å². The molecule has 26 heavy (non-hydrogen) atoms. The van der Waals surface area contributed by atoms with Gasteiger partial charge in [-0.3, -0.25) is 4.72 Å². The molecule has 2 aromatic carbocycles. The molecule has 0 unspecified atom stereocenters. The number of para-hydroxylation sites is 1. The topological polar surface area (TPSA) is 92.7 Å². The van der Waals surface area contributed by atoms with Gasteiger partial charge in [-0.1, -0.05) is 39.0 Å². The number of ether oxygens (including phenoxy) is 1. The molecule has 0 aliphatic carbocycles. The van der Waals surface area contributed by atoms with Gasteiger partial charge in [0, 0.05) is 0 Å². The third kappa shape index (κ3) is 4.35. The Labute approximate surface area is 153 Å². The highest BCUT2D eigenvalue weighted by Gasteiger charge is 2.25. The molecule has 0 aliphatic heterocycles. The van der Waals surface area contributed by atoms with E-state index in [2.05, 4.69) is 4.72 Å². The summed E-state index contributed by atoms with van der Waals surface area (Å²) < 4.78 is 33.8. The molecule has 0 saturated heterocycles. The SMILES string of the molecule is CCOc1ccc(C(C)(C)C)cc1S(=O)(=O)Nc1ccccc1C(=O)O. The van der Waals surface area contributed by atoms with Crippen molar-refractivity contribution >= 4 is 21.7 Å². The molecule has 0 bridgehead atoms. The van der Waals surface area contributed by atoms with Crippen LogP contribution in [0, 0.1) is 0 Å². The quantitative estimate of drug-likeness (QED) is 0.797. The zero-order valence-corrected chi connectivity index (χ0v) is 16.1. The van der Waals surface area contributed by atoms with Gasteiger partial charge < -0.3 is 9.84 Å². The monoisotopic (exact) mass is 377 g/mol. The van der Waals surface area contributed by atoms with Gasteiger partial charge in [-0.05, 0) is 42.2 Å². The maximum Gasteiger partial charge on any atom is 0.337 e. The number of carboxylic acid groups (broad SMARTS) is 1. The van der Waals surface area contributed by atoms with Crippen molar-refractivity contribution < 1.29 is 23.1 Å². The first-order chi connectivity index (χ1) is 12.1. The average Bonchev–Trinajstić information content (AvgIpc) is 2.54. The van der Waals surface area contributed by atoms with Gasteiger partial charge in [-0.2, -0.15) is 0 Å². The van der Waals surface area contributed by atoms with Crippen LogP contribution in [-0.4, -0.2) is 26.1 Å². The summed E-state index contributed by atoms with van der Waals surface area (Å²) in [5.41, 5.74) is 0.450. The summed E-state index contributed by atoms with van der Waals surface area (Å²) in [5.74, 6) is -0.988. The van der Waals surface area contributed by atoms with E-state index in [9.17, 15) is 18.3 Å². The number of carboxylic acids is 1. The van der Waals surface area contributed by atoms with E-state index in [0.29, 0.717) is 6.61 Å². The van der Waals surface area contributed by atoms with Crippen molar-refractivity contribution in [2.24, 2.45) is 0 Å². The van der Waals surface area contributed by atoms with Gasteiger partial charge in [-0.25, -0.2) is 13.2 Å². The minimum atomic E-state index is -4.04. The van der Waals surface area contributed by atoms with E-state index in [4.69, 9.17) is 4.74 Å². The zero-order chi connectivity index (χ0) is 19.5.